The van der Waals surface area contributed by atoms with Crippen molar-refractivity contribution in [2.75, 3.05) is 18.9 Å². The predicted molar refractivity (Wildman–Crippen MR) is 82.4 cm³/mol. The molecule has 1 amide bonds. The van der Waals surface area contributed by atoms with Gasteiger partial charge in [-0.3, -0.25) is 9.69 Å². The summed E-state index contributed by atoms with van der Waals surface area (Å²) in [6.07, 6.45) is 0. The molecule has 0 bridgehead atoms. The molecule has 0 radical (unpaired) electrons. The highest BCUT2D eigenvalue weighted by Crippen LogP contribution is 2.26. The van der Waals surface area contributed by atoms with Gasteiger partial charge < -0.3 is 10.4 Å². The fourth-order valence-corrected chi connectivity index (χ4v) is 2.72. The van der Waals surface area contributed by atoms with Crippen LogP contribution in [0, 0.1) is 0 Å². The van der Waals surface area contributed by atoms with Gasteiger partial charge in [-0.2, -0.15) is 0 Å². The van der Waals surface area contributed by atoms with E-state index in [1.807, 2.05) is 29.5 Å². The van der Waals surface area contributed by atoms with Gasteiger partial charge in [-0.05, 0) is 36.7 Å². The van der Waals surface area contributed by atoms with Crippen LogP contribution in [0.5, 0.6) is 5.75 Å². The van der Waals surface area contributed by atoms with Crippen LogP contribution in [0.3, 0.4) is 0 Å². The first kappa shape index (κ1) is 14.8. The third kappa shape index (κ3) is 4.23. The highest BCUT2D eigenvalue weighted by Gasteiger charge is 2.10. The summed E-state index contributed by atoms with van der Waals surface area (Å²) in [6.45, 7) is 0.955. The molecular formula is C14H15ClN2O2S. The minimum atomic E-state index is -0.193. The predicted octanol–water partition coefficient (Wildman–Crippen LogP) is 3.18. The highest BCUT2D eigenvalue weighted by atomic mass is 35.5. The lowest BCUT2D eigenvalue weighted by Crippen LogP contribution is -2.29. The quantitative estimate of drug-likeness (QED) is 0.834. The summed E-state index contributed by atoms with van der Waals surface area (Å²) in [4.78, 5) is 15.0. The number of nitrogens with one attached hydrogen (secondary N) is 1. The number of hydrogen-bond acceptors (Lipinski definition) is 4. The molecule has 20 heavy (non-hydrogen) atoms. The fraction of sp³-hybridized carbons (Fsp3) is 0.214. The van der Waals surface area contributed by atoms with Crippen molar-refractivity contribution in [3.63, 3.8) is 0 Å². The zero-order valence-corrected chi connectivity index (χ0v) is 12.5. The van der Waals surface area contributed by atoms with Crippen LogP contribution in [-0.2, 0) is 11.3 Å². The number of carbonyl (C=O) groups is 1. The molecule has 0 atom stereocenters. The maximum absolute atomic E-state index is 11.9. The molecule has 2 aromatic rings. The molecule has 0 spiro atoms. The first-order chi connectivity index (χ1) is 9.54. The standard InChI is InChI=1S/C14H15ClN2O2S/c1-17(8-11-3-2-6-20-11)9-14(19)16-12-7-10(15)4-5-13(12)18/h2-7,18H,8-9H2,1H3,(H,16,19). The topological polar surface area (TPSA) is 52.6 Å². The molecule has 0 aliphatic rings. The summed E-state index contributed by atoms with van der Waals surface area (Å²) >= 11 is 7.49. The minimum absolute atomic E-state index is 0.00339. The second-order valence-corrected chi connectivity index (χ2v) is 5.93. The highest BCUT2D eigenvalue weighted by molar-refractivity contribution is 7.09. The Morgan fingerprint density at radius 3 is 2.95 bits per heavy atom. The number of benzene rings is 1. The zero-order valence-electron chi connectivity index (χ0n) is 11.0. The Hall–Kier alpha value is -1.56. The van der Waals surface area contributed by atoms with E-state index in [-0.39, 0.29) is 18.2 Å². The van der Waals surface area contributed by atoms with E-state index in [2.05, 4.69) is 5.32 Å². The van der Waals surface area contributed by atoms with E-state index in [9.17, 15) is 9.90 Å². The molecule has 1 heterocycles. The fourth-order valence-electron chi connectivity index (χ4n) is 1.77. The second-order valence-electron chi connectivity index (χ2n) is 4.46. The van der Waals surface area contributed by atoms with Gasteiger partial charge in [-0.15, -0.1) is 11.3 Å². The Balaban J connectivity index is 1.90. The smallest absolute Gasteiger partial charge is 0.238 e. The number of aromatic hydroxyl groups is 1. The molecule has 0 saturated heterocycles. The van der Waals surface area contributed by atoms with Gasteiger partial charge in [0.05, 0.1) is 12.2 Å². The largest absolute Gasteiger partial charge is 0.506 e. The number of hydrogen-bond donors (Lipinski definition) is 2. The minimum Gasteiger partial charge on any atom is -0.506 e. The summed E-state index contributed by atoms with van der Waals surface area (Å²) in [7, 11) is 1.87. The van der Waals surface area contributed by atoms with Crippen LogP contribution >= 0.6 is 22.9 Å². The molecule has 6 heteroatoms. The van der Waals surface area contributed by atoms with E-state index in [0.29, 0.717) is 17.3 Å². The number of halogens is 1. The number of phenolic OH excluding ortho intramolecular Hbond substituents is 1. The van der Waals surface area contributed by atoms with Crippen molar-refractivity contribution in [1.82, 2.24) is 4.90 Å². The van der Waals surface area contributed by atoms with Crippen LogP contribution < -0.4 is 5.32 Å². The number of nitrogens with zero attached hydrogens (tertiary/aromatic N) is 1. The van der Waals surface area contributed by atoms with Crippen LogP contribution in [0.1, 0.15) is 4.88 Å². The van der Waals surface area contributed by atoms with E-state index >= 15 is 0 Å². The molecule has 4 nitrogen and oxygen atoms in total. The van der Waals surface area contributed by atoms with Gasteiger partial charge in [-0.1, -0.05) is 17.7 Å². The molecule has 0 saturated carbocycles. The van der Waals surface area contributed by atoms with Crippen molar-refractivity contribution < 1.29 is 9.90 Å². The van der Waals surface area contributed by atoms with Gasteiger partial charge in [0, 0.05) is 16.4 Å². The lowest BCUT2D eigenvalue weighted by molar-refractivity contribution is -0.117. The molecule has 1 aromatic carbocycles. The van der Waals surface area contributed by atoms with Crippen molar-refractivity contribution in [2.24, 2.45) is 0 Å². The second kappa shape index (κ2) is 6.74. The molecule has 106 valence electrons. The summed E-state index contributed by atoms with van der Waals surface area (Å²) in [5.41, 5.74) is 0.326. The summed E-state index contributed by atoms with van der Waals surface area (Å²) in [5, 5.41) is 14.8. The van der Waals surface area contributed by atoms with Crippen molar-refractivity contribution in [3.8, 4) is 5.75 Å². The van der Waals surface area contributed by atoms with Crippen molar-refractivity contribution in [1.29, 1.82) is 0 Å². The Morgan fingerprint density at radius 2 is 2.25 bits per heavy atom. The summed E-state index contributed by atoms with van der Waals surface area (Å²) < 4.78 is 0. The van der Waals surface area contributed by atoms with Gasteiger partial charge in [-0.25, -0.2) is 0 Å². The van der Waals surface area contributed by atoms with Gasteiger partial charge >= 0.3 is 0 Å². The van der Waals surface area contributed by atoms with Crippen molar-refractivity contribution >= 4 is 34.5 Å². The van der Waals surface area contributed by atoms with Crippen LogP contribution in [0.15, 0.2) is 35.7 Å². The zero-order chi connectivity index (χ0) is 14.5. The molecular weight excluding hydrogens is 296 g/mol. The Bertz CT molecular complexity index is 587. The Labute approximate surface area is 126 Å². The van der Waals surface area contributed by atoms with E-state index in [0.717, 1.165) is 0 Å². The lowest BCUT2D eigenvalue weighted by Gasteiger charge is -2.15. The molecule has 2 rings (SSSR count). The third-order valence-electron chi connectivity index (χ3n) is 2.65. The monoisotopic (exact) mass is 310 g/mol. The summed E-state index contributed by atoms with van der Waals surface area (Å²) in [6, 6.07) is 8.55. The SMILES string of the molecule is CN(CC(=O)Nc1cc(Cl)ccc1O)Cc1cccs1. The van der Waals surface area contributed by atoms with Crippen LogP contribution in [0.2, 0.25) is 5.02 Å². The van der Waals surface area contributed by atoms with Gasteiger partial charge in [0.15, 0.2) is 0 Å². The lowest BCUT2D eigenvalue weighted by atomic mass is 10.3. The number of rotatable bonds is 5. The number of carbonyl (C=O) groups excluding carboxylic acids is 1. The van der Waals surface area contributed by atoms with Crippen molar-refractivity contribution in [3.05, 3.63) is 45.6 Å². The number of anilines is 1. The average Bonchev–Trinajstić information content (AvgIpc) is 2.86. The molecule has 1 aromatic heterocycles. The number of amides is 1. The molecule has 0 aliphatic heterocycles. The normalized spacial score (nSPS) is 10.8. The van der Waals surface area contributed by atoms with Gasteiger partial charge in [0.25, 0.3) is 0 Å². The van der Waals surface area contributed by atoms with Crippen molar-refractivity contribution in [2.45, 2.75) is 6.54 Å². The Morgan fingerprint density at radius 1 is 1.45 bits per heavy atom. The van der Waals surface area contributed by atoms with E-state index in [1.54, 1.807) is 17.4 Å². The maximum Gasteiger partial charge on any atom is 0.238 e. The average molecular weight is 311 g/mol. The van der Waals surface area contributed by atoms with E-state index in [4.69, 9.17) is 11.6 Å². The molecule has 2 N–H and O–H groups in total. The van der Waals surface area contributed by atoms with Crippen LogP contribution in [0.25, 0.3) is 0 Å². The van der Waals surface area contributed by atoms with E-state index in [1.165, 1.54) is 17.0 Å². The summed E-state index contributed by atoms with van der Waals surface area (Å²) in [5.74, 6) is -0.190. The molecule has 0 unspecified atom stereocenters. The first-order valence-corrected chi connectivity index (χ1v) is 7.29. The van der Waals surface area contributed by atoms with Crippen LogP contribution in [-0.4, -0.2) is 29.5 Å². The number of phenols is 1. The number of likely N-dealkylation sites (N-methyl/N-ethyl adjacent to an activating group) is 1. The van der Waals surface area contributed by atoms with E-state index < -0.39 is 0 Å². The number of thiophene rings is 1. The Kier molecular flexibility index (Phi) is 5.00. The third-order valence-corrected chi connectivity index (χ3v) is 3.75. The molecule has 0 aliphatic carbocycles. The van der Waals surface area contributed by atoms with Gasteiger partial charge in [0.2, 0.25) is 5.91 Å². The molecule has 0 fully saturated rings. The van der Waals surface area contributed by atoms with Crippen LogP contribution in [0.4, 0.5) is 5.69 Å². The van der Waals surface area contributed by atoms with Gasteiger partial charge in [0.1, 0.15) is 5.75 Å². The first-order valence-electron chi connectivity index (χ1n) is 6.04. The maximum atomic E-state index is 11.9.